The van der Waals surface area contributed by atoms with E-state index in [-0.39, 0.29) is 0 Å². The first-order valence-electron chi connectivity index (χ1n) is 6.12. The fourth-order valence-corrected chi connectivity index (χ4v) is 2.98. The molecule has 92 valence electrons. The fourth-order valence-electron chi connectivity index (χ4n) is 1.87. The van der Waals surface area contributed by atoms with Gasteiger partial charge in [0.1, 0.15) is 0 Å². The van der Waals surface area contributed by atoms with Gasteiger partial charge < -0.3 is 10.1 Å². The van der Waals surface area contributed by atoms with Crippen molar-refractivity contribution < 1.29 is 4.74 Å². The van der Waals surface area contributed by atoms with Crippen LogP contribution in [0.4, 0.5) is 0 Å². The van der Waals surface area contributed by atoms with Crippen molar-refractivity contribution in [3.05, 3.63) is 0 Å². The number of hydrogen-bond donors (Lipinski definition) is 1. The molecule has 1 unspecified atom stereocenters. The Morgan fingerprint density at radius 3 is 3.00 bits per heavy atom. The Hall–Kier alpha value is -0.260. The molecule has 0 radical (unpaired) electrons. The SMILES string of the molecule is CCC1CSC(=NCCN2CCOCC2)N1. The topological polar surface area (TPSA) is 36.9 Å². The molecule has 2 aliphatic rings. The van der Waals surface area contributed by atoms with Gasteiger partial charge in [-0.2, -0.15) is 0 Å². The minimum Gasteiger partial charge on any atom is -0.379 e. The number of morpholine rings is 1. The molecule has 0 spiro atoms. The summed E-state index contributed by atoms with van der Waals surface area (Å²) in [4.78, 5) is 7.02. The Bertz CT molecular complexity index is 241. The number of aliphatic imine (C=N–C) groups is 1. The normalized spacial score (nSPS) is 29.6. The Morgan fingerprint density at radius 2 is 2.31 bits per heavy atom. The van der Waals surface area contributed by atoms with Crippen molar-refractivity contribution >= 4 is 16.9 Å². The number of rotatable bonds is 4. The lowest BCUT2D eigenvalue weighted by atomic mass is 10.3. The molecule has 0 aromatic carbocycles. The van der Waals surface area contributed by atoms with Crippen LogP contribution in [0.2, 0.25) is 0 Å². The third kappa shape index (κ3) is 3.64. The molecule has 2 heterocycles. The van der Waals surface area contributed by atoms with Crippen LogP contribution < -0.4 is 5.32 Å². The van der Waals surface area contributed by atoms with Crippen molar-refractivity contribution in [3.8, 4) is 0 Å². The number of thioether (sulfide) groups is 1. The van der Waals surface area contributed by atoms with E-state index in [1.54, 1.807) is 0 Å². The van der Waals surface area contributed by atoms with Crippen molar-refractivity contribution in [2.45, 2.75) is 19.4 Å². The van der Waals surface area contributed by atoms with Gasteiger partial charge in [0.25, 0.3) is 0 Å². The van der Waals surface area contributed by atoms with Gasteiger partial charge in [-0.05, 0) is 6.42 Å². The maximum atomic E-state index is 5.31. The summed E-state index contributed by atoms with van der Waals surface area (Å²) in [5.41, 5.74) is 0. The quantitative estimate of drug-likeness (QED) is 0.792. The number of hydrogen-bond acceptors (Lipinski definition) is 4. The molecule has 0 bridgehead atoms. The zero-order chi connectivity index (χ0) is 11.2. The van der Waals surface area contributed by atoms with Gasteiger partial charge in [0.15, 0.2) is 5.17 Å². The van der Waals surface area contributed by atoms with Crippen LogP contribution in [-0.4, -0.2) is 61.3 Å². The van der Waals surface area contributed by atoms with E-state index in [1.165, 1.54) is 12.2 Å². The maximum Gasteiger partial charge on any atom is 0.156 e. The first-order chi connectivity index (χ1) is 7.88. The minimum absolute atomic E-state index is 0.632. The Balaban J connectivity index is 1.65. The highest BCUT2D eigenvalue weighted by Gasteiger charge is 2.17. The average molecular weight is 243 g/mol. The molecule has 0 saturated carbocycles. The zero-order valence-electron chi connectivity index (χ0n) is 9.95. The molecule has 4 nitrogen and oxygen atoms in total. The standard InChI is InChI=1S/C11H21N3OS/c1-2-10-9-16-11(13-10)12-3-4-14-5-7-15-8-6-14/h10H,2-9H2,1H3,(H,12,13). The van der Waals surface area contributed by atoms with Gasteiger partial charge in [0.05, 0.1) is 19.8 Å². The lowest BCUT2D eigenvalue weighted by molar-refractivity contribution is 0.0394. The van der Waals surface area contributed by atoms with E-state index < -0.39 is 0 Å². The highest BCUT2D eigenvalue weighted by Crippen LogP contribution is 2.15. The zero-order valence-corrected chi connectivity index (χ0v) is 10.8. The summed E-state index contributed by atoms with van der Waals surface area (Å²) in [7, 11) is 0. The molecule has 0 aromatic rings. The summed E-state index contributed by atoms with van der Waals surface area (Å²) >= 11 is 1.86. The molecule has 2 fully saturated rings. The lowest BCUT2D eigenvalue weighted by Gasteiger charge is -2.25. The summed E-state index contributed by atoms with van der Waals surface area (Å²) in [6, 6.07) is 0.632. The number of ether oxygens (including phenoxy) is 1. The highest BCUT2D eigenvalue weighted by molar-refractivity contribution is 8.14. The molecule has 1 atom stereocenters. The molecule has 16 heavy (non-hydrogen) atoms. The predicted octanol–water partition coefficient (Wildman–Crippen LogP) is 0.790. The van der Waals surface area contributed by atoms with E-state index in [0.29, 0.717) is 6.04 Å². The first kappa shape index (κ1) is 12.2. The van der Waals surface area contributed by atoms with Crippen LogP contribution in [0.3, 0.4) is 0 Å². The van der Waals surface area contributed by atoms with Crippen LogP contribution in [-0.2, 0) is 4.74 Å². The highest BCUT2D eigenvalue weighted by atomic mass is 32.2. The summed E-state index contributed by atoms with van der Waals surface area (Å²) in [5, 5.41) is 4.59. The molecule has 2 aliphatic heterocycles. The largest absolute Gasteiger partial charge is 0.379 e. The Morgan fingerprint density at radius 1 is 1.50 bits per heavy atom. The van der Waals surface area contributed by atoms with E-state index in [1.807, 2.05) is 11.8 Å². The van der Waals surface area contributed by atoms with E-state index in [4.69, 9.17) is 4.74 Å². The van der Waals surface area contributed by atoms with Gasteiger partial charge in [-0.1, -0.05) is 18.7 Å². The van der Waals surface area contributed by atoms with Crippen LogP contribution >= 0.6 is 11.8 Å². The predicted molar refractivity (Wildman–Crippen MR) is 69.2 cm³/mol. The second-order valence-corrected chi connectivity index (χ2v) is 5.21. The third-order valence-corrected chi connectivity index (χ3v) is 4.11. The van der Waals surface area contributed by atoms with E-state index >= 15 is 0 Å². The molecule has 5 heteroatoms. The van der Waals surface area contributed by atoms with Crippen LogP contribution in [0.5, 0.6) is 0 Å². The second kappa shape index (κ2) is 6.47. The van der Waals surface area contributed by atoms with Crippen molar-refractivity contribution in [2.75, 3.05) is 45.1 Å². The summed E-state index contributed by atoms with van der Waals surface area (Å²) < 4.78 is 5.31. The average Bonchev–Trinajstić information content (AvgIpc) is 2.78. The van der Waals surface area contributed by atoms with Gasteiger partial charge in [-0.15, -0.1) is 0 Å². The summed E-state index contributed by atoms with van der Waals surface area (Å²) in [5.74, 6) is 1.17. The fraction of sp³-hybridized carbons (Fsp3) is 0.909. The number of nitrogens with zero attached hydrogens (tertiary/aromatic N) is 2. The van der Waals surface area contributed by atoms with Gasteiger partial charge in [-0.25, -0.2) is 0 Å². The molecular formula is C11H21N3OS. The van der Waals surface area contributed by atoms with Crippen LogP contribution in [0.25, 0.3) is 0 Å². The smallest absolute Gasteiger partial charge is 0.156 e. The molecule has 0 amide bonds. The molecule has 1 N–H and O–H groups in total. The van der Waals surface area contributed by atoms with Crippen LogP contribution in [0, 0.1) is 0 Å². The first-order valence-corrected chi connectivity index (χ1v) is 7.11. The van der Waals surface area contributed by atoms with Crippen molar-refractivity contribution in [1.29, 1.82) is 0 Å². The number of nitrogens with one attached hydrogen (secondary N) is 1. The van der Waals surface area contributed by atoms with E-state index in [0.717, 1.165) is 44.6 Å². The van der Waals surface area contributed by atoms with E-state index in [9.17, 15) is 0 Å². The molecular weight excluding hydrogens is 222 g/mol. The second-order valence-electron chi connectivity index (χ2n) is 4.20. The van der Waals surface area contributed by atoms with Gasteiger partial charge in [0.2, 0.25) is 0 Å². The van der Waals surface area contributed by atoms with Crippen LogP contribution in [0.1, 0.15) is 13.3 Å². The third-order valence-electron chi connectivity index (χ3n) is 3.02. The summed E-state index contributed by atoms with van der Waals surface area (Å²) in [6.45, 7) is 8.06. The van der Waals surface area contributed by atoms with Gasteiger partial charge >= 0.3 is 0 Å². The molecule has 2 saturated heterocycles. The van der Waals surface area contributed by atoms with Crippen LogP contribution in [0.15, 0.2) is 4.99 Å². The van der Waals surface area contributed by atoms with Gasteiger partial charge in [0, 0.05) is 31.4 Å². The molecule has 0 aliphatic carbocycles. The van der Waals surface area contributed by atoms with E-state index in [2.05, 4.69) is 22.1 Å². The molecule has 0 aromatic heterocycles. The monoisotopic (exact) mass is 243 g/mol. The van der Waals surface area contributed by atoms with Crippen molar-refractivity contribution in [1.82, 2.24) is 10.2 Å². The number of amidine groups is 1. The minimum atomic E-state index is 0.632. The maximum absolute atomic E-state index is 5.31. The summed E-state index contributed by atoms with van der Waals surface area (Å²) in [6.07, 6.45) is 1.19. The Kier molecular flexibility index (Phi) is 4.93. The molecule has 2 rings (SSSR count). The van der Waals surface area contributed by atoms with Crippen molar-refractivity contribution in [3.63, 3.8) is 0 Å². The van der Waals surface area contributed by atoms with Crippen molar-refractivity contribution in [2.24, 2.45) is 4.99 Å². The lowest BCUT2D eigenvalue weighted by Crippen LogP contribution is -2.38. The van der Waals surface area contributed by atoms with Gasteiger partial charge in [-0.3, -0.25) is 9.89 Å². The Labute approximate surface area is 102 Å².